The van der Waals surface area contributed by atoms with E-state index in [1.165, 1.54) is 0 Å². The summed E-state index contributed by atoms with van der Waals surface area (Å²) in [5.74, 6) is -0.814. The maximum atomic E-state index is 12.1. The van der Waals surface area contributed by atoms with Crippen molar-refractivity contribution in [2.24, 2.45) is 5.92 Å². The van der Waals surface area contributed by atoms with Crippen LogP contribution >= 0.6 is 0 Å². The molecule has 2 unspecified atom stereocenters. The Morgan fingerprint density at radius 2 is 1.81 bits per heavy atom. The number of carbonyl (C=O) groups excluding carboxylic acids is 1. The second-order valence-corrected chi connectivity index (χ2v) is 5.81. The second kappa shape index (κ2) is 8.45. The third-order valence-corrected chi connectivity index (χ3v) is 3.54. The van der Waals surface area contributed by atoms with Gasteiger partial charge in [0.25, 0.3) is 0 Å². The summed E-state index contributed by atoms with van der Waals surface area (Å²) in [6, 6.07) is 9.06. The van der Waals surface area contributed by atoms with Crippen LogP contribution in [0.3, 0.4) is 0 Å². The number of carboxylic acids is 1. The molecule has 2 atom stereocenters. The SMILES string of the molecule is CCC(CC(=O)NC(CC(C)C)C(=O)O)c1ccccc1. The van der Waals surface area contributed by atoms with Crippen LogP contribution in [0.15, 0.2) is 30.3 Å². The van der Waals surface area contributed by atoms with Crippen molar-refractivity contribution in [1.29, 1.82) is 0 Å². The van der Waals surface area contributed by atoms with Gasteiger partial charge in [0, 0.05) is 6.42 Å². The van der Waals surface area contributed by atoms with Crippen molar-refractivity contribution in [2.45, 2.75) is 52.0 Å². The Kier molecular flexibility index (Phi) is 6.92. The number of aliphatic carboxylic acids is 1. The summed E-state index contributed by atoms with van der Waals surface area (Å²) in [6.45, 7) is 5.93. The lowest BCUT2D eigenvalue weighted by atomic mass is 9.92. The van der Waals surface area contributed by atoms with Gasteiger partial charge in [0.15, 0.2) is 0 Å². The van der Waals surface area contributed by atoms with Gasteiger partial charge in [0.1, 0.15) is 6.04 Å². The van der Waals surface area contributed by atoms with Crippen LogP contribution in [0.1, 0.15) is 51.5 Å². The van der Waals surface area contributed by atoms with E-state index in [1.807, 2.05) is 51.1 Å². The number of nitrogens with one attached hydrogen (secondary N) is 1. The fourth-order valence-electron chi connectivity index (χ4n) is 2.39. The van der Waals surface area contributed by atoms with E-state index in [9.17, 15) is 9.59 Å². The zero-order valence-corrected chi connectivity index (χ0v) is 13.0. The van der Waals surface area contributed by atoms with Gasteiger partial charge in [-0.15, -0.1) is 0 Å². The number of hydrogen-bond donors (Lipinski definition) is 2. The average Bonchev–Trinajstić information content (AvgIpc) is 2.44. The lowest BCUT2D eigenvalue weighted by molar-refractivity contribution is -0.142. The number of benzene rings is 1. The molecule has 4 heteroatoms. The summed E-state index contributed by atoms with van der Waals surface area (Å²) >= 11 is 0. The van der Waals surface area contributed by atoms with Crippen LogP contribution in [0.2, 0.25) is 0 Å². The molecule has 0 aliphatic rings. The van der Waals surface area contributed by atoms with Crippen molar-refractivity contribution in [3.05, 3.63) is 35.9 Å². The summed E-state index contributed by atoms with van der Waals surface area (Å²) < 4.78 is 0. The predicted molar refractivity (Wildman–Crippen MR) is 83.1 cm³/mol. The highest BCUT2D eigenvalue weighted by Gasteiger charge is 2.22. The summed E-state index contributed by atoms with van der Waals surface area (Å²) in [6.07, 6.45) is 1.62. The highest BCUT2D eigenvalue weighted by atomic mass is 16.4. The van der Waals surface area contributed by atoms with Crippen molar-refractivity contribution in [3.8, 4) is 0 Å². The molecule has 0 aliphatic heterocycles. The van der Waals surface area contributed by atoms with E-state index in [-0.39, 0.29) is 17.7 Å². The van der Waals surface area contributed by atoms with Crippen LogP contribution in [-0.2, 0) is 9.59 Å². The fourth-order valence-corrected chi connectivity index (χ4v) is 2.39. The van der Waals surface area contributed by atoms with E-state index in [4.69, 9.17) is 5.11 Å². The van der Waals surface area contributed by atoms with Crippen LogP contribution < -0.4 is 5.32 Å². The van der Waals surface area contributed by atoms with E-state index in [0.717, 1.165) is 12.0 Å². The van der Waals surface area contributed by atoms with Gasteiger partial charge < -0.3 is 10.4 Å². The smallest absolute Gasteiger partial charge is 0.326 e. The second-order valence-electron chi connectivity index (χ2n) is 5.81. The molecule has 0 bridgehead atoms. The molecule has 0 radical (unpaired) electrons. The zero-order valence-electron chi connectivity index (χ0n) is 13.0. The molecular formula is C17H25NO3. The third kappa shape index (κ3) is 5.98. The minimum Gasteiger partial charge on any atom is -0.480 e. The summed E-state index contributed by atoms with van der Waals surface area (Å²) in [4.78, 5) is 23.3. The maximum Gasteiger partial charge on any atom is 0.326 e. The van der Waals surface area contributed by atoms with Crippen molar-refractivity contribution >= 4 is 11.9 Å². The van der Waals surface area contributed by atoms with Crippen molar-refractivity contribution in [1.82, 2.24) is 5.32 Å². The van der Waals surface area contributed by atoms with Crippen molar-refractivity contribution in [2.75, 3.05) is 0 Å². The van der Waals surface area contributed by atoms with Gasteiger partial charge in [-0.1, -0.05) is 51.1 Å². The molecule has 0 aromatic heterocycles. The largest absolute Gasteiger partial charge is 0.480 e. The molecule has 0 spiro atoms. The molecule has 1 amide bonds. The Bertz CT molecular complexity index is 456. The standard InChI is InChI=1S/C17H25NO3/c1-4-13(14-8-6-5-7-9-14)11-16(19)18-15(17(20)21)10-12(2)3/h5-9,12-13,15H,4,10-11H2,1-3H3,(H,18,19)(H,20,21). The molecule has 0 aliphatic carbocycles. The van der Waals surface area contributed by atoms with Gasteiger partial charge in [0.05, 0.1) is 0 Å². The van der Waals surface area contributed by atoms with E-state index < -0.39 is 12.0 Å². The first-order valence-corrected chi connectivity index (χ1v) is 7.51. The maximum absolute atomic E-state index is 12.1. The zero-order chi connectivity index (χ0) is 15.8. The normalized spacial score (nSPS) is 13.7. The Hall–Kier alpha value is -1.84. The molecule has 0 saturated heterocycles. The Morgan fingerprint density at radius 3 is 2.29 bits per heavy atom. The van der Waals surface area contributed by atoms with Crippen LogP contribution in [0.25, 0.3) is 0 Å². The van der Waals surface area contributed by atoms with E-state index in [1.54, 1.807) is 0 Å². The highest BCUT2D eigenvalue weighted by Crippen LogP contribution is 2.22. The molecule has 1 rings (SSSR count). The number of hydrogen-bond acceptors (Lipinski definition) is 2. The van der Waals surface area contributed by atoms with Gasteiger partial charge in [0.2, 0.25) is 5.91 Å². The number of amides is 1. The summed E-state index contributed by atoms with van der Waals surface area (Å²) in [5, 5.41) is 11.8. The minimum atomic E-state index is -0.968. The van der Waals surface area contributed by atoms with Crippen molar-refractivity contribution in [3.63, 3.8) is 0 Å². The molecule has 116 valence electrons. The van der Waals surface area contributed by atoms with Crippen molar-refractivity contribution < 1.29 is 14.7 Å². The predicted octanol–water partition coefficient (Wildman–Crippen LogP) is 3.19. The molecule has 4 nitrogen and oxygen atoms in total. The lowest BCUT2D eigenvalue weighted by Crippen LogP contribution is -2.42. The number of carbonyl (C=O) groups is 2. The minimum absolute atomic E-state index is 0.125. The monoisotopic (exact) mass is 291 g/mol. The first-order chi connectivity index (χ1) is 9.93. The number of rotatable bonds is 8. The van der Waals surface area contributed by atoms with Crippen LogP contribution in [-0.4, -0.2) is 23.0 Å². The van der Waals surface area contributed by atoms with Crippen LogP contribution in [0.5, 0.6) is 0 Å². The molecular weight excluding hydrogens is 266 g/mol. The van der Waals surface area contributed by atoms with Crippen LogP contribution in [0.4, 0.5) is 0 Å². The Morgan fingerprint density at radius 1 is 1.19 bits per heavy atom. The molecule has 2 N–H and O–H groups in total. The quantitative estimate of drug-likeness (QED) is 0.773. The fraction of sp³-hybridized carbons (Fsp3) is 0.529. The summed E-state index contributed by atoms with van der Waals surface area (Å²) in [5.41, 5.74) is 1.12. The molecule has 1 aromatic carbocycles. The molecule has 0 heterocycles. The third-order valence-electron chi connectivity index (χ3n) is 3.54. The first-order valence-electron chi connectivity index (χ1n) is 7.51. The number of carboxylic acid groups (broad SMARTS) is 1. The van der Waals surface area contributed by atoms with Gasteiger partial charge >= 0.3 is 5.97 Å². The van der Waals surface area contributed by atoms with Gasteiger partial charge in [-0.05, 0) is 30.2 Å². The molecule has 0 saturated carbocycles. The van der Waals surface area contributed by atoms with E-state index in [2.05, 4.69) is 5.32 Å². The summed E-state index contributed by atoms with van der Waals surface area (Å²) in [7, 11) is 0. The molecule has 1 aromatic rings. The molecule has 0 fully saturated rings. The lowest BCUT2D eigenvalue weighted by Gasteiger charge is -2.19. The Balaban J connectivity index is 2.64. The first kappa shape index (κ1) is 17.2. The Labute approximate surface area is 126 Å². The van der Waals surface area contributed by atoms with E-state index in [0.29, 0.717) is 12.8 Å². The topological polar surface area (TPSA) is 66.4 Å². The van der Waals surface area contributed by atoms with E-state index >= 15 is 0 Å². The van der Waals surface area contributed by atoms with Gasteiger partial charge in [-0.3, -0.25) is 4.79 Å². The highest BCUT2D eigenvalue weighted by molar-refractivity contribution is 5.83. The molecule has 21 heavy (non-hydrogen) atoms. The van der Waals surface area contributed by atoms with Crippen LogP contribution in [0, 0.1) is 5.92 Å². The van der Waals surface area contributed by atoms with Gasteiger partial charge in [-0.2, -0.15) is 0 Å². The average molecular weight is 291 g/mol. The van der Waals surface area contributed by atoms with Gasteiger partial charge in [-0.25, -0.2) is 4.79 Å².